The highest BCUT2D eigenvalue weighted by molar-refractivity contribution is 14.0. The van der Waals surface area contributed by atoms with Gasteiger partial charge < -0.3 is 11.1 Å². The Bertz CT molecular complexity index is 490. The van der Waals surface area contributed by atoms with Crippen LogP contribution in [0.15, 0.2) is 29.3 Å². The Morgan fingerprint density at radius 2 is 2.09 bits per heavy atom. The summed E-state index contributed by atoms with van der Waals surface area (Å²) >= 11 is 0. The van der Waals surface area contributed by atoms with Crippen LogP contribution in [0.2, 0.25) is 0 Å². The molecule has 0 aliphatic carbocycles. The van der Waals surface area contributed by atoms with Gasteiger partial charge in [-0.05, 0) is 42.9 Å². The van der Waals surface area contributed by atoms with Crippen molar-refractivity contribution in [3.05, 3.63) is 35.4 Å². The highest BCUT2D eigenvalue weighted by atomic mass is 127. The lowest BCUT2D eigenvalue weighted by Gasteiger charge is -2.31. The molecule has 130 valence electrons. The first kappa shape index (κ1) is 20.2. The third-order valence-electron chi connectivity index (χ3n) is 4.23. The zero-order valence-corrected chi connectivity index (χ0v) is 16.8. The van der Waals surface area contributed by atoms with Crippen molar-refractivity contribution in [3.63, 3.8) is 0 Å². The number of benzene rings is 1. The summed E-state index contributed by atoms with van der Waals surface area (Å²) in [6.07, 6.45) is 3.73. The second kappa shape index (κ2) is 10.9. The van der Waals surface area contributed by atoms with Crippen LogP contribution in [0.4, 0.5) is 0 Å². The van der Waals surface area contributed by atoms with Gasteiger partial charge in [0, 0.05) is 19.6 Å². The number of halogens is 1. The molecule has 0 aromatic heterocycles. The van der Waals surface area contributed by atoms with E-state index in [0.717, 1.165) is 25.4 Å². The van der Waals surface area contributed by atoms with Crippen LogP contribution in [-0.2, 0) is 13.1 Å². The van der Waals surface area contributed by atoms with Crippen LogP contribution in [0.25, 0.3) is 0 Å². The third-order valence-corrected chi connectivity index (χ3v) is 4.23. The fourth-order valence-corrected chi connectivity index (χ4v) is 3.02. The Hall–Kier alpha value is -0.820. The van der Waals surface area contributed by atoms with E-state index in [4.69, 9.17) is 5.73 Å². The smallest absolute Gasteiger partial charge is 0.188 e. The van der Waals surface area contributed by atoms with Crippen molar-refractivity contribution in [1.29, 1.82) is 0 Å². The summed E-state index contributed by atoms with van der Waals surface area (Å²) in [6.45, 7) is 9.45. The van der Waals surface area contributed by atoms with Gasteiger partial charge in [0.1, 0.15) is 0 Å². The number of rotatable bonds is 6. The first-order chi connectivity index (χ1) is 10.7. The summed E-state index contributed by atoms with van der Waals surface area (Å²) in [5, 5.41) is 3.13. The molecule has 0 spiro atoms. The van der Waals surface area contributed by atoms with Crippen molar-refractivity contribution in [1.82, 2.24) is 10.2 Å². The molecule has 1 fully saturated rings. The SMILES string of the molecule is CCCNC(N)=NCc1ccccc1CN1CCCC(C)C1.I. The van der Waals surface area contributed by atoms with Crippen LogP contribution < -0.4 is 11.1 Å². The van der Waals surface area contributed by atoms with E-state index in [1.165, 1.54) is 37.1 Å². The molecule has 1 aromatic carbocycles. The van der Waals surface area contributed by atoms with E-state index in [9.17, 15) is 0 Å². The largest absolute Gasteiger partial charge is 0.370 e. The molecule has 1 aromatic rings. The van der Waals surface area contributed by atoms with Gasteiger partial charge in [0.25, 0.3) is 0 Å². The molecule has 0 saturated carbocycles. The molecule has 0 amide bonds. The zero-order valence-electron chi connectivity index (χ0n) is 14.4. The van der Waals surface area contributed by atoms with Gasteiger partial charge in [-0.15, -0.1) is 24.0 Å². The highest BCUT2D eigenvalue weighted by Gasteiger charge is 2.17. The number of guanidine groups is 1. The molecule has 5 heteroatoms. The summed E-state index contributed by atoms with van der Waals surface area (Å²) in [7, 11) is 0. The fourth-order valence-electron chi connectivity index (χ4n) is 3.02. The van der Waals surface area contributed by atoms with Crippen LogP contribution in [0.5, 0.6) is 0 Å². The van der Waals surface area contributed by atoms with Gasteiger partial charge >= 0.3 is 0 Å². The summed E-state index contributed by atoms with van der Waals surface area (Å²) in [5.74, 6) is 1.36. The lowest BCUT2D eigenvalue weighted by Crippen LogP contribution is -2.34. The van der Waals surface area contributed by atoms with Crippen molar-refractivity contribution < 1.29 is 0 Å². The number of hydrogen-bond donors (Lipinski definition) is 2. The van der Waals surface area contributed by atoms with Crippen molar-refractivity contribution in [2.75, 3.05) is 19.6 Å². The molecule has 1 aliphatic heterocycles. The zero-order chi connectivity index (χ0) is 15.8. The van der Waals surface area contributed by atoms with Crippen LogP contribution >= 0.6 is 24.0 Å². The Balaban J connectivity index is 0.00000264. The summed E-state index contributed by atoms with van der Waals surface area (Å²) in [5.41, 5.74) is 8.55. The average Bonchev–Trinajstić information content (AvgIpc) is 2.52. The van der Waals surface area contributed by atoms with E-state index in [2.05, 4.69) is 53.3 Å². The molecule has 4 nitrogen and oxygen atoms in total. The van der Waals surface area contributed by atoms with Gasteiger partial charge in [-0.2, -0.15) is 0 Å². The molecule has 2 rings (SSSR count). The minimum atomic E-state index is 0. The quantitative estimate of drug-likeness (QED) is 0.414. The molecule has 1 unspecified atom stereocenters. The predicted molar refractivity (Wildman–Crippen MR) is 109 cm³/mol. The molecule has 1 aliphatic rings. The topological polar surface area (TPSA) is 53.6 Å². The van der Waals surface area contributed by atoms with E-state index in [1.807, 2.05) is 0 Å². The maximum atomic E-state index is 5.89. The van der Waals surface area contributed by atoms with Crippen molar-refractivity contribution in [2.45, 2.75) is 46.2 Å². The number of nitrogens with one attached hydrogen (secondary N) is 1. The lowest BCUT2D eigenvalue weighted by atomic mass is 9.99. The first-order valence-electron chi connectivity index (χ1n) is 8.52. The van der Waals surface area contributed by atoms with Gasteiger partial charge in [0.15, 0.2) is 5.96 Å². The normalized spacial score (nSPS) is 19.2. The van der Waals surface area contributed by atoms with Gasteiger partial charge in [-0.3, -0.25) is 4.90 Å². The Labute approximate surface area is 157 Å². The van der Waals surface area contributed by atoms with Gasteiger partial charge in [0.05, 0.1) is 6.54 Å². The summed E-state index contributed by atoms with van der Waals surface area (Å²) < 4.78 is 0. The van der Waals surface area contributed by atoms with Crippen molar-refractivity contribution in [2.24, 2.45) is 16.6 Å². The highest BCUT2D eigenvalue weighted by Crippen LogP contribution is 2.19. The van der Waals surface area contributed by atoms with E-state index in [-0.39, 0.29) is 24.0 Å². The molecular formula is C18H31IN4. The predicted octanol–water partition coefficient (Wildman–Crippen LogP) is 3.35. The van der Waals surface area contributed by atoms with E-state index in [1.54, 1.807) is 0 Å². The minimum Gasteiger partial charge on any atom is -0.370 e. The number of hydrogen-bond acceptors (Lipinski definition) is 2. The molecule has 3 N–H and O–H groups in total. The maximum Gasteiger partial charge on any atom is 0.188 e. The second-order valence-electron chi connectivity index (χ2n) is 6.38. The summed E-state index contributed by atoms with van der Waals surface area (Å²) in [4.78, 5) is 7.03. The Morgan fingerprint density at radius 1 is 1.35 bits per heavy atom. The molecule has 0 bridgehead atoms. The van der Waals surface area contributed by atoms with E-state index < -0.39 is 0 Å². The standard InChI is InChI=1S/C18H30N4.HI/c1-3-10-20-18(19)21-12-16-8-4-5-9-17(16)14-22-11-6-7-15(2)13-22;/h4-5,8-9,15H,3,6-7,10-14H2,1-2H3,(H3,19,20,21);1H. The minimum absolute atomic E-state index is 0. The molecule has 1 heterocycles. The number of aliphatic imine (C=N–C) groups is 1. The van der Waals surface area contributed by atoms with Crippen LogP contribution in [0.3, 0.4) is 0 Å². The monoisotopic (exact) mass is 430 g/mol. The van der Waals surface area contributed by atoms with Gasteiger partial charge in [-0.25, -0.2) is 4.99 Å². The van der Waals surface area contributed by atoms with Crippen LogP contribution in [0, 0.1) is 5.92 Å². The average molecular weight is 430 g/mol. The third kappa shape index (κ3) is 7.08. The Morgan fingerprint density at radius 3 is 2.78 bits per heavy atom. The number of likely N-dealkylation sites (tertiary alicyclic amines) is 1. The molecule has 1 atom stereocenters. The van der Waals surface area contributed by atoms with Gasteiger partial charge in [-0.1, -0.05) is 38.1 Å². The molecule has 0 radical (unpaired) electrons. The van der Waals surface area contributed by atoms with Crippen molar-refractivity contribution in [3.8, 4) is 0 Å². The maximum absolute atomic E-state index is 5.89. The lowest BCUT2D eigenvalue weighted by molar-refractivity contribution is 0.176. The number of nitrogens with two attached hydrogens (primary N) is 1. The van der Waals surface area contributed by atoms with Crippen LogP contribution in [0.1, 0.15) is 44.2 Å². The Kier molecular flexibility index (Phi) is 9.55. The molecule has 1 saturated heterocycles. The summed E-state index contributed by atoms with van der Waals surface area (Å²) in [6, 6.07) is 8.59. The van der Waals surface area contributed by atoms with Crippen LogP contribution in [-0.4, -0.2) is 30.5 Å². The second-order valence-corrected chi connectivity index (χ2v) is 6.38. The fraction of sp³-hybridized carbons (Fsp3) is 0.611. The molecule has 23 heavy (non-hydrogen) atoms. The van der Waals surface area contributed by atoms with E-state index in [0.29, 0.717) is 12.5 Å². The van der Waals surface area contributed by atoms with Gasteiger partial charge in [0.2, 0.25) is 0 Å². The first-order valence-corrected chi connectivity index (χ1v) is 8.52. The van der Waals surface area contributed by atoms with Crippen molar-refractivity contribution >= 4 is 29.9 Å². The number of nitrogens with zero attached hydrogens (tertiary/aromatic N) is 2. The van der Waals surface area contributed by atoms with E-state index >= 15 is 0 Å². The number of piperidine rings is 1. The molecular weight excluding hydrogens is 399 g/mol.